The molecule has 2 atom stereocenters. The molecule has 1 fully saturated rings. The van der Waals surface area contributed by atoms with E-state index in [1.807, 2.05) is 4.90 Å². The molecule has 5 nitrogen and oxygen atoms in total. The number of benzene rings is 1. The molecular weight excluding hydrogens is 325 g/mol. The van der Waals surface area contributed by atoms with Crippen molar-refractivity contribution in [3.8, 4) is 5.75 Å². The summed E-state index contributed by atoms with van der Waals surface area (Å²) < 4.78 is 40.0. The fourth-order valence-corrected chi connectivity index (χ4v) is 2.89. The van der Waals surface area contributed by atoms with E-state index in [2.05, 4.69) is 10.1 Å². The number of carbonyl (C=O) groups excluding carboxylic acids is 1. The fraction of sp³-hybridized carbons (Fsp3) is 0.562. The zero-order valence-electron chi connectivity index (χ0n) is 13.3. The average molecular weight is 346 g/mol. The number of rotatable bonds is 6. The van der Waals surface area contributed by atoms with Crippen LogP contribution in [0, 0.1) is 0 Å². The summed E-state index contributed by atoms with van der Waals surface area (Å²) in [4.78, 5) is 14.1. The minimum atomic E-state index is -4.74. The number of nitrogens with zero attached hydrogens (tertiary/aromatic N) is 1. The van der Waals surface area contributed by atoms with Crippen molar-refractivity contribution in [2.75, 3.05) is 18.4 Å². The lowest BCUT2D eigenvalue weighted by Crippen LogP contribution is -2.38. The van der Waals surface area contributed by atoms with Crippen LogP contribution >= 0.6 is 0 Å². The number of aliphatic hydroxyl groups excluding tert-OH is 1. The van der Waals surface area contributed by atoms with Crippen LogP contribution in [0.1, 0.15) is 26.2 Å². The minimum absolute atomic E-state index is 0.179. The maximum Gasteiger partial charge on any atom is 0.573 e. The van der Waals surface area contributed by atoms with Crippen molar-refractivity contribution >= 4 is 11.6 Å². The van der Waals surface area contributed by atoms with Gasteiger partial charge in [0, 0.05) is 11.7 Å². The Kier molecular flexibility index (Phi) is 6.06. The third-order valence-corrected chi connectivity index (χ3v) is 3.83. The summed E-state index contributed by atoms with van der Waals surface area (Å²) in [7, 11) is 0. The Labute approximate surface area is 138 Å². The summed E-state index contributed by atoms with van der Waals surface area (Å²) in [6.07, 6.45) is -2.61. The molecule has 1 aliphatic heterocycles. The first-order valence-electron chi connectivity index (χ1n) is 7.81. The Balaban J connectivity index is 1.86. The van der Waals surface area contributed by atoms with Gasteiger partial charge < -0.3 is 15.2 Å². The largest absolute Gasteiger partial charge is 0.573 e. The summed E-state index contributed by atoms with van der Waals surface area (Å²) in [5.74, 6) is -0.575. The first-order chi connectivity index (χ1) is 11.2. The lowest BCUT2D eigenvalue weighted by Gasteiger charge is -2.24. The van der Waals surface area contributed by atoms with E-state index in [0.717, 1.165) is 31.5 Å². The third kappa shape index (κ3) is 6.01. The van der Waals surface area contributed by atoms with Gasteiger partial charge in [-0.15, -0.1) is 13.2 Å². The number of alkyl halides is 3. The van der Waals surface area contributed by atoms with Gasteiger partial charge in [0.05, 0.1) is 12.6 Å². The molecule has 2 N–H and O–H groups in total. The molecule has 8 heteroatoms. The zero-order valence-corrected chi connectivity index (χ0v) is 13.3. The van der Waals surface area contributed by atoms with Crippen molar-refractivity contribution in [1.29, 1.82) is 0 Å². The van der Waals surface area contributed by atoms with Gasteiger partial charge >= 0.3 is 6.36 Å². The van der Waals surface area contributed by atoms with E-state index in [1.54, 1.807) is 6.92 Å². The minimum Gasteiger partial charge on any atom is -0.406 e. The van der Waals surface area contributed by atoms with Gasteiger partial charge in [0.15, 0.2) is 0 Å². The number of amides is 1. The van der Waals surface area contributed by atoms with E-state index >= 15 is 0 Å². The summed E-state index contributed by atoms with van der Waals surface area (Å²) in [5, 5.41) is 12.1. The second kappa shape index (κ2) is 7.85. The topological polar surface area (TPSA) is 61.8 Å². The molecular formula is C16H21F3N2O3. The van der Waals surface area contributed by atoms with Crippen LogP contribution in [-0.2, 0) is 4.79 Å². The summed E-state index contributed by atoms with van der Waals surface area (Å²) in [6.45, 7) is 2.71. The molecule has 1 aromatic rings. The van der Waals surface area contributed by atoms with Crippen LogP contribution in [0.2, 0.25) is 0 Å². The summed E-state index contributed by atoms with van der Waals surface area (Å²) in [6, 6.07) is 5.19. The molecule has 1 aliphatic rings. The maximum atomic E-state index is 12.1. The molecule has 1 heterocycles. The summed E-state index contributed by atoms with van der Waals surface area (Å²) >= 11 is 0. The molecule has 0 aliphatic carbocycles. The number of halogens is 3. The highest BCUT2D eigenvalue weighted by atomic mass is 19.4. The molecule has 1 saturated heterocycles. The Morgan fingerprint density at radius 2 is 2.08 bits per heavy atom. The smallest absolute Gasteiger partial charge is 0.406 e. The van der Waals surface area contributed by atoms with Crippen LogP contribution in [0.4, 0.5) is 18.9 Å². The molecule has 0 bridgehead atoms. The van der Waals surface area contributed by atoms with Crippen LogP contribution < -0.4 is 10.1 Å². The van der Waals surface area contributed by atoms with Crippen LogP contribution in [-0.4, -0.2) is 47.5 Å². The van der Waals surface area contributed by atoms with E-state index in [9.17, 15) is 23.1 Å². The second-order valence-electron chi connectivity index (χ2n) is 5.97. The van der Waals surface area contributed by atoms with Crippen molar-refractivity contribution in [3.63, 3.8) is 0 Å². The van der Waals surface area contributed by atoms with E-state index in [-0.39, 0.29) is 24.2 Å². The molecule has 2 unspecified atom stereocenters. The number of anilines is 1. The van der Waals surface area contributed by atoms with Gasteiger partial charge in [0.25, 0.3) is 0 Å². The monoisotopic (exact) mass is 346 g/mol. The van der Waals surface area contributed by atoms with Gasteiger partial charge in [-0.1, -0.05) is 0 Å². The number of likely N-dealkylation sites (tertiary alicyclic amines) is 1. The van der Waals surface area contributed by atoms with Crippen LogP contribution in [0.25, 0.3) is 0 Å². The van der Waals surface area contributed by atoms with Gasteiger partial charge in [0.2, 0.25) is 5.91 Å². The SMILES string of the molecule is CC(O)CC1CCCN1CC(=O)Nc1ccc(OC(F)(F)F)cc1. The molecule has 24 heavy (non-hydrogen) atoms. The molecule has 0 saturated carbocycles. The van der Waals surface area contributed by atoms with Crippen LogP contribution in [0.5, 0.6) is 5.75 Å². The average Bonchev–Trinajstić information content (AvgIpc) is 2.85. The number of hydrogen-bond acceptors (Lipinski definition) is 4. The van der Waals surface area contributed by atoms with Gasteiger partial charge in [-0.3, -0.25) is 9.69 Å². The van der Waals surface area contributed by atoms with Crippen molar-refractivity contribution in [2.45, 2.75) is 44.7 Å². The van der Waals surface area contributed by atoms with E-state index < -0.39 is 12.5 Å². The molecule has 0 spiro atoms. The number of aliphatic hydroxyl groups is 1. The molecule has 2 rings (SSSR count). The quantitative estimate of drug-likeness (QED) is 0.831. The standard InChI is InChI=1S/C16H21F3N2O3/c1-11(22)9-13-3-2-8-21(13)10-15(23)20-12-4-6-14(7-5-12)24-16(17,18)19/h4-7,11,13,22H,2-3,8-10H2,1H3,(H,20,23). The van der Waals surface area contributed by atoms with Crippen molar-refractivity contribution in [3.05, 3.63) is 24.3 Å². The lowest BCUT2D eigenvalue weighted by molar-refractivity contribution is -0.274. The Morgan fingerprint density at radius 1 is 1.42 bits per heavy atom. The number of nitrogens with one attached hydrogen (secondary N) is 1. The normalized spacial score (nSPS) is 20.0. The van der Waals surface area contributed by atoms with Crippen LogP contribution in [0.15, 0.2) is 24.3 Å². The third-order valence-electron chi connectivity index (χ3n) is 3.83. The van der Waals surface area contributed by atoms with Crippen molar-refractivity contribution in [1.82, 2.24) is 4.90 Å². The molecule has 0 radical (unpaired) electrons. The molecule has 134 valence electrons. The van der Waals surface area contributed by atoms with Crippen LogP contribution in [0.3, 0.4) is 0 Å². The number of ether oxygens (including phenoxy) is 1. The molecule has 1 amide bonds. The van der Waals surface area contributed by atoms with Gasteiger partial charge in [-0.25, -0.2) is 0 Å². The van der Waals surface area contributed by atoms with Crippen molar-refractivity contribution in [2.24, 2.45) is 0 Å². The molecule has 0 aromatic heterocycles. The van der Waals surface area contributed by atoms with Crippen molar-refractivity contribution < 1.29 is 27.8 Å². The zero-order chi connectivity index (χ0) is 17.7. The highest BCUT2D eigenvalue weighted by Crippen LogP contribution is 2.24. The number of carbonyl (C=O) groups is 1. The summed E-state index contributed by atoms with van der Waals surface area (Å²) in [5.41, 5.74) is 0.404. The first-order valence-corrected chi connectivity index (χ1v) is 7.81. The Hall–Kier alpha value is -1.80. The Morgan fingerprint density at radius 3 is 2.67 bits per heavy atom. The predicted molar refractivity (Wildman–Crippen MR) is 82.6 cm³/mol. The fourth-order valence-electron chi connectivity index (χ4n) is 2.89. The second-order valence-corrected chi connectivity index (χ2v) is 5.97. The lowest BCUT2D eigenvalue weighted by atomic mass is 10.1. The maximum absolute atomic E-state index is 12.1. The number of hydrogen-bond donors (Lipinski definition) is 2. The van der Waals surface area contributed by atoms with E-state index in [4.69, 9.17) is 0 Å². The highest BCUT2D eigenvalue weighted by Gasteiger charge is 2.31. The van der Waals surface area contributed by atoms with Gasteiger partial charge in [0.1, 0.15) is 5.75 Å². The Bertz CT molecular complexity index is 546. The molecule has 1 aromatic carbocycles. The van der Waals surface area contributed by atoms with Gasteiger partial charge in [-0.2, -0.15) is 0 Å². The highest BCUT2D eigenvalue weighted by molar-refractivity contribution is 5.92. The predicted octanol–water partition coefficient (Wildman–Crippen LogP) is 2.76. The van der Waals surface area contributed by atoms with E-state index in [1.165, 1.54) is 12.1 Å². The van der Waals surface area contributed by atoms with Gasteiger partial charge in [-0.05, 0) is 57.0 Å². The first kappa shape index (κ1) is 18.5. The van der Waals surface area contributed by atoms with E-state index in [0.29, 0.717) is 12.1 Å².